The summed E-state index contributed by atoms with van der Waals surface area (Å²) in [5, 5.41) is 21.7. The number of pyridine rings is 2. The zero-order chi connectivity index (χ0) is 24.3. The van der Waals surface area contributed by atoms with Crippen molar-refractivity contribution in [2.75, 3.05) is 26.9 Å². The van der Waals surface area contributed by atoms with Gasteiger partial charge in [0.05, 0.1) is 39.1 Å². The smallest absolute Gasteiger partial charge is 0.252 e. The Labute approximate surface area is 203 Å². The van der Waals surface area contributed by atoms with Gasteiger partial charge in [-0.15, -0.1) is 0 Å². The van der Waals surface area contributed by atoms with Gasteiger partial charge >= 0.3 is 0 Å². The van der Waals surface area contributed by atoms with E-state index in [1.165, 1.54) is 31.4 Å². The lowest BCUT2D eigenvalue weighted by Crippen LogP contribution is -2.36. The molecule has 3 rings (SSSR count). The fourth-order valence-corrected chi connectivity index (χ4v) is 4.07. The Kier molecular flexibility index (Phi) is 8.04. The normalized spacial score (nSPS) is 12.0. The van der Waals surface area contributed by atoms with Gasteiger partial charge in [-0.2, -0.15) is 0 Å². The zero-order valence-corrected chi connectivity index (χ0v) is 19.8. The summed E-state index contributed by atoms with van der Waals surface area (Å²) in [6.07, 6.45) is -0.188. The van der Waals surface area contributed by atoms with Crippen molar-refractivity contribution in [1.82, 2.24) is 14.9 Å². The number of amides is 1. The maximum Gasteiger partial charge on any atom is 0.252 e. The predicted octanol–water partition coefficient (Wildman–Crippen LogP) is 2.51. The molecule has 0 saturated carbocycles. The first-order valence-electron chi connectivity index (χ1n) is 9.66. The summed E-state index contributed by atoms with van der Waals surface area (Å²) >= 11 is 19.5. The number of carbonyl (C=O) groups excluding carboxylic acids is 1. The number of nitrogens with zero attached hydrogens (tertiary/aromatic N) is 2. The Hall–Kier alpha value is -2.56. The number of carbonyl (C=O) groups is 1. The Morgan fingerprint density at radius 3 is 2.45 bits per heavy atom. The van der Waals surface area contributed by atoms with Crippen LogP contribution < -0.4 is 20.2 Å². The fraction of sp³-hybridized carbons (Fsp3) is 0.286. The summed E-state index contributed by atoms with van der Waals surface area (Å²) < 4.78 is 12.5. The van der Waals surface area contributed by atoms with Gasteiger partial charge in [0.25, 0.3) is 5.91 Å². The topological polar surface area (TPSA) is 123 Å². The Balaban J connectivity index is 2.20. The first kappa shape index (κ1) is 25.1. The standard InChI is InChI=1S/C21H20Cl3N3O6/c1-10-5-15(29)17-19(14(24)8-26-21(17)33-9-16(30)20(31)25-2)27(10)18-12(22)6-11(7-13(18)23)32-4-3-28/h5-8,16,28,30H,3-4,9H2,1-2H3,(H,25,31). The highest BCUT2D eigenvalue weighted by Gasteiger charge is 2.22. The number of halogens is 3. The summed E-state index contributed by atoms with van der Waals surface area (Å²) in [6.45, 7) is 1.12. The number of aryl methyl sites for hydroxylation is 1. The number of benzene rings is 1. The number of hydrogen-bond acceptors (Lipinski definition) is 7. The van der Waals surface area contributed by atoms with Crippen molar-refractivity contribution in [3.63, 3.8) is 0 Å². The van der Waals surface area contributed by atoms with E-state index in [0.29, 0.717) is 17.1 Å². The molecule has 12 heteroatoms. The molecule has 0 radical (unpaired) electrons. The molecule has 176 valence electrons. The van der Waals surface area contributed by atoms with Crippen molar-refractivity contribution < 1.29 is 24.5 Å². The van der Waals surface area contributed by atoms with Gasteiger partial charge in [-0.3, -0.25) is 9.59 Å². The Bertz CT molecular complexity index is 1240. The molecule has 2 aromatic heterocycles. The van der Waals surface area contributed by atoms with E-state index < -0.39 is 24.0 Å². The van der Waals surface area contributed by atoms with Crippen molar-refractivity contribution in [2.24, 2.45) is 0 Å². The number of rotatable bonds is 8. The third-order valence-corrected chi connectivity index (χ3v) is 5.49. The van der Waals surface area contributed by atoms with E-state index in [1.54, 1.807) is 11.5 Å². The summed E-state index contributed by atoms with van der Waals surface area (Å²) in [4.78, 5) is 28.5. The maximum absolute atomic E-state index is 12.9. The number of aliphatic hydroxyl groups is 2. The lowest BCUT2D eigenvalue weighted by Gasteiger charge is -2.20. The largest absolute Gasteiger partial charge is 0.491 e. The van der Waals surface area contributed by atoms with Crippen molar-refractivity contribution in [3.8, 4) is 17.3 Å². The number of fused-ring (bicyclic) bond motifs is 1. The number of hydrogen-bond donors (Lipinski definition) is 3. The van der Waals surface area contributed by atoms with Gasteiger partial charge in [-0.25, -0.2) is 4.98 Å². The van der Waals surface area contributed by atoms with Crippen LogP contribution in [-0.4, -0.2) is 58.6 Å². The molecule has 0 bridgehead atoms. The molecule has 1 amide bonds. The highest BCUT2D eigenvalue weighted by Crippen LogP contribution is 2.38. The molecule has 1 atom stereocenters. The van der Waals surface area contributed by atoms with Crippen LogP contribution in [0.25, 0.3) is 16.6 Å². The molecule has 33 heavy (non-hydrogen) atoms. The van der Waals surface area contributed by atoms with Crippen LogP contribution in [0.2, 0.25) is 15.1 Å². The number of aliphatic hydroxyl groups excluding tert-OH is 2. The van der Waals surface area contributed by atoms with Crippen LogP contribution in [0.5, 0.6) is 11.6 Å². The molecule has 1 unspecified atom stereocenters. The minimum absolute atomic E-state index is 0.0185. The quantitative estimate of drug-likeness (QED) is 0.420. The number of nitrogens with one attached hydrogen (secondary N) is 1. The molecule has 0 fully saturated rings. The van der Waals surface area contributed by atoms with Gasteiger partial charge in [0, 0.05) is 30.9 Å². The lowest BCUT2D eigenvalue weighted by atomic mass is 10.2. The Morgan fingerprint density at radius 1 is 1.18 bits per heavy atom. The summed E-state index contributed by atoms with van der Waals surface area (Å²) in [6, 6.07) is 4.38. The van der Waals surface area contributed by atoms with E-state index >= 15 is 0 Å². The van der Waals surface area contributed by atoms with Crippen molar-refractivity contribution in [1.29, 1.82) is 0 Å². The second-order valence-corrected chi connectivity index (χ2v) is 8.09. The fourth-order valence-electron chi connectivity index (χ4n) is 3.21. The van der Waals surface area contributed by atoms with E-state index in [0.717, 1.165) is 0 Å². The second-order valence-electron chi connectivity index (χ2n) is 6.87. The van der Waals surface area contributed by atoms with Crippen molar-refractivity contribution >= 4 is 51.6 Å². The van der Waals surface area contributed by atoms with Crippen LogP contribution in [0.3, 0.4) is 0 Å². The maximum atomic E-state index is 12.9. The molecule has 0 aliphatic rings. The van der Waals surface area contributed by atoms with Gasteiger partial charge in [-0.1, -0.05) is 34.8 Å². The third kappa shape index (κ3) is 5.18. The summed E-state index contributed by atoms with van der Waals surface area (Å²) in [7, 11) is 1.37. The van der Waals surface area contributed by atoms with E-state index in [9.17, 15) is 14.7 Å². The molecule has 0 saturated heterocycles. The monoisotopic (exact) mass is 515 g/mol. The van der Waals surface area contributed by atoms with Gasteiger partial charge in [0.2, 0.25) is 5.88 Å². The number of likely N-dealkylation sites (N-methyl/N-ethyl adjacent to an activating group) is 1. The molecule has 1 aromatic carbocycles. The molecule has 2 heterocycles. The summed E-state index contributed by atoms with van der Waals surface area (Å²) in [5.74, 6) is -0.416. The Morgan fingerprint density at radius 2 is 1.85 bits per heavy atom. The van der Waals surface area contributed by atoms with E-state index in [4.69, 9.17) is 49.4 Å². The van der Waals surface area contributed by atoms with Crippen LogP contribution >= 0.6 is 34.8 Å². The predicted molar refractivity (Wildman–Crippen MR) is 125 cm³/mol. The van der Waals surface area contributed by atoms with E-state index in [-0.39, 0.29) is 45.1 Å². The van der Waals surface area contributed by atoms with Gasteiger partial charge in [-0.05, 0) is 6.92 Å². The van der Waals surface area contributed by atoms with Crippen LogP contribution in [0, 0.1) is 6.92 Å². The van der Waals surface area contributed by atoms with Gasteiger partial charge in [0.15, 0.2) is 11.5 Å². The highest BCUT2D eigenvalue weighted by atomic mass is 35.5. The molecule has 0 aliphatic carbocycles. The molecular weight excluding hydrogens is 497 g/mol. The summed E-state index contributed by atoms with van der Waals surface area (Å²) in [5.41, 5.74) is 0.605. The minimum atomic E-state index is -1.47. The first-order valence-corrected chi connectivity index (χ1v) is 10.8. The first-order chi connectivity index (χ1) is 15.7. The van der Waals surface area contributed by atoms with Crippen LogP contribution in [-0.2, 0) is 4.79 Å². The van der Waals surface area contributed by atoms with Gasteiger partial charge in [0.1, 0.15) is 24.3 Å². The molecule has 9 nitrogen and oxygen atoms in total. The molecular formula is C21H20Cl3N3O6. The minimum Gasteiger partial charge on any atom is -0.491 e. The molecule has 3 N–H and O–H groups in total. The van der Waals surface area contributed by atoms with Crippen LogP contribution in [0.4, 0.5) is 0 Å². The lowest BCUT2D eigenvalue weighted by molar-refractivity contribution is -0.130. The molecule has 0 spiro atoms. The van der Waals surface area contributed by atoms with Crippen LogP contribution in [0.1, 0.15) is 5.69 Å². The van der Waals surface area contributed by atoms with E-state index in [1.807, 2.05) is 0 Å². The molecule has 3 aromatic rings. The van der Waals surface area contributed by atoms with Crippen molar-refractivity contribution in [3.05, 3.63) is 55.4 Å². The highest BCUT2D eigenvalue weighted by molar-refractivity contribution is 6.39. The number of ether oxygens (including phenoxy) is 2. The third-order valence-electron chi connectivity index (χ3n) is 4.64. The van der Waals surface area contributed by atoms with Crippen LogP contribution in [0.15, 0.2) is 29.2 Å². The number of aromatic nitrogens is 2. The van der Waals surface area contributed by atoms with E-state index in [2.05, 4.69) is 10.3 Å². The zero-order valence-electron chi connectivity index (χ0n) is 17.6. The van der Waals surface area contributed by atoms with Crippen molar-refractivity contribution in [2.45, 2.75) is 13.0 Å². The SMILES string of the molecule is CNC(=O)C(O)COc1ncc(Cl)c2c1c(=O)cc(C)n2-c1c(Cl)cc(OCCO)cc1Cl. The molecule has 0 aliphatic heterocycles. The average molecular weight is 517 g/mol. The van der Waals surface area contributed by atoms with Gasteiger partial charge < -0.3 is 29.6 Å². The second kappa shape index (κ2) is 10.6. The average Bonchev–Trinajstić information content (AvgIpc) is 2.77.